The van der Waals surface area contributed by atoms with Crippen molar-refractivity contribution in [1.82, 2.24) is 10.2 Å². The van der Waals surface area contributed by atoms with Crippen molar-refractivity contribution in [3.63, 3.8) is 0 Å². The van der Waals surface area contributed by atoms with Gasteiger partial charge in [-0.1, -0.05) is 30.3 Å². The second-order valence-electron chi connectivity index (χ2n) is 6.59. The van der Waals surface area contributed by atoms with Gasteiger partial charge in [0.15, 0.2) is 11.6 Å². The minimum atomic E-state index is -1.36. The van der Waals surface area contributed by atoms with E-state index in [0.29, 0.717) is 12.0 Å². The molecule has 8 heteroatoms. The number of β-lactam (4-membered cyclic amide) rings is 1. The Morgan fingerprint density at radius 3 is 2.67 bits per heavy atom. The van der Waals surface area contributed by atoms with Gasteiger partial charge >= 0.3 is 5.97 Å². The van der Waals surface area contributed by atoms with Crippen LogP contribution in [-0.2, 0) is 14.4 Å². The van der Waals surface area contributed by atoms with E-state index in [1.807, 2.05) is 6.92 Å². The minimum Gasteiger partial charge on any atom is -0.479 e. The van der Waals surface area contributed by atoms with Crippen LogP contribution < -0.4 is 5.32 Å². The first-order valence-corrected chi connectivity index (χ1v) is 8.47. The lowest BCUT2D eigenvalue weighted by molar-refractivity contribution is -0.163. The highest BCUT2D eigenvalue weighted by Gasteiger charge is 2.85. The number of aliphatic hydroxyl groups is 1. The molecule has 5 atom stereocenters. The third kappa shape index (κ3) is 1.75. The van der Waals surface area contributed by atoms with Crippen LogP contribution in [0.2, 0.25) is 0 Å². The molecule has 2 aliphatic heterocycles. The van der Waals surface area contributed by atoms with Crippen molar-refractivity contribution < 1.29 is 24.6 Å². The van der Waals surface area contributed by atoms with Crippen LogP contribution in [0.4, 0.5) is 0 Å². The molecule has 1 aromatic carbocycles. The molecule has 0 spiro atoms. The minimum absolute atomic E-state index is 0.390. The predicted octanol–water partition coefficient (Wildman–Crippen LogP) is 0.106. The van der Waals surface area contributed by atoms with Crippen LogP contribution in [0.1, 0.15) is 25.0 Å². The van der Waals surface area contributed by atoms with E-state index in [1.165, 1.54) is 16.7 Å². The SMILES string of the molecule is CC12CC1(C(=O)O)N1C(=O)C(NC(=O)C(O)c3ccccc3)[C@H]1S2. The van der Waals surface area contributed by atoms with Crippen molar-refractivity contribution >= 4 is 29.5 Å². The third-order valence-corrected chi connectivity index (χ3v) is 6.92. The number of nitrogens with zero attached hydrogens (tertiary/aromatic N) is 1. The zero-order valence-electron chi connectivity index (χ0n) is 12.8. The summed E-state index contributed by atoms with van der Waals surface area (Å²) >= 11 is 1.41. The first-order valence-electron chi connectivity index (χ1n) is 7.60. The Morgan fingerprint density at radius 1 is 1.38 bits per heavy atom. The molecule has 1 aliphatic carbocycles. The normalized spacial score (nSPS) is 37.1. The molecular weight excluding hydrogens is 332 g/mol. The highest BCUT2D eigenvalue weighted by Crippen LogP contribution is 2.71. The number of carboxylic acids is 1. The van der Waals surface area contributed by atoms with Gasteiger partial charge in [0.2, 0.25) is 5.91 Å². The topological polar surface area (TPSA) is 107 Å². The lowest BCUT2D eigenvalue weighted by Gasteiger charge is -2.46. The maximum absolute atomic E-state index is 12.4. The number of amides is 2. The number of hydrogen-bond donors (Lipinski definition) is 3. The number of carbonyl (C=O) groups excluding carboxylic acids is 2. The molecule has 126 valence electrons. The van der Waals surface area contributed by atoms with E-state index >= 15 is 0 Å². The summed E-state index contributed by atoms with van der Waals surface area (Å²) < 4.78 is -0.503. The van der Waals surface area contributed by atoms with Gasteiger partial charge in [-0.2, -0.15) is 0 Å². The van der Waals surface area contributed by atoms with Gasteiger partial charge in [0, 0.05) is 6.42 Å². The number of nitrogens with one attached hydrogen (secondary N) is 1. The maximum atomic E-state index is 12.4. The lowest BCUT2D eigenvalue weighted by atomic mass is 10.00. The van der Waals surface area contributed by atoms with E-state index in [4.69, 9.17) is 0 Å². The monoisotopic (exact) mass is 348 g/mol. The van der Waals surface area contributed by atoms with Crippen molar-refractivity contribution in [3.8, 4) is 0 Å². The largest absolute Gasteiger partial charge is 0.479 e. The Hall–Kier alpha value is -2.06. The molecule has 2 heterocycles. The summed E-state index contributed by atoms with van der Waals surface area (Å²) in [6, 6.07) is 7.65. The van der Waals surface area contributed by atoms with Crippen LogP contribution in [0.3, 0.4) is 0 Å². The molecule has 7 nitrogen and oxygen atoms in total. The summed E-state index contributed by atoms with van der Waals surface area (Å²) in [5.41, 5.74) is -0.701. The fraction of sp³-hybridized carbons (Fsp3) is 0.438. The summed E-state index contributed by atoms with van der Waals surface area (Å²) in [7, 11) is 0. The van der Waals surface area contributed by atoms with Crippen LogP contribution in [0.15, 0.2) is 30.3 Å². The third-order valence-electron chi connectivity index (χ3n) is 5.19. The van der Waals surface area contributed by atoms with E-state index in [9.17, 15) is 24.6 Å². The molecular formula is C16H16N2O5S. The Morgan fingerprint density at radius 2 is 2.04 bits per heavy atom. The van der Waals surface area contributed by atoms with Gasteiger partial charge in [0.25, 0.3) is 5.91 Å². The number of benzene rings is 1. The molecule has 0 radical (unpaired) electrons. The van der Waals surface area contributed by atoms with Crippen LogP contribution in [0, 0.1) is 0 Å². The Bertz CT molecular complexity index is 756. The molecule has 0 bridgehead atoms. The summed E-state index contributed by atoms with van der Waals surface area (Å²) in [5, 5.41) is 21.8. The highest BCUT2D eigenvalue weighted by atomic mass is 32.2. The highest BCUT2D eigenvalue weighted by molar-refractivity contribution is 8.02. The van der Waals surface area contributed by atoms with Crippen molar-refractivity contribution in [1.29, 1.82) is 0 Å². The number of aliphatic carboxylic acids is 1. The number of rotatable bonds is 4. The quantitative estimate of drug-likeness (QED) is 0.667. The maximum Gasteiger partial charge on any atom is 0.331 e. The number of carbonyl (C=O) groups is 3. The standard InChI is InChI=1S/C16H16N2O5S/c1-15-7-16(15,14(22)23)18-12(21)9(13(18)24-15)17-11(20)10(19)8-5-3-2-4-6-8/h2-6,9-10,13,19H,7H2,1H3,(H,17,20)(H,22,23)/t9?,10?,13-,15?,16?/m1/s1. The Labute approximate surface area is 142 Å². The van der Waals surface area contributed by atoms with Crippen LogP contribution in [0.25, 0.3) is 0 Å². The summed E-state index contributed by atoms with van der Waals surface area (Å²) in [6.45, 7) is 1.83. The number of hydrogen-bond acceptors (Lipinski definition) is 5. The van der Waals surface area contributed by atoms with Crippen molar-refractivity contribution in [2.45, 2.75) is 41.2 Å². The molecule has 3 N–H and O–H groups in total. The summed E-state index contributed by atoms with van der Waals surface area (Å²) in [6.07, 6.45) is -0.937. The molecule has 2 amide bonds. The Balaban J connectivity index is 1.48. The molecule has 4 unspecified atom stereocenters. The molecule has 1 aromatic rings. The molecule has 4 rings (SSSR count). The van der Waals surface area contributed by atoms with Crippen molar-refractivity contribution in [2.24, 2.45) is 0 Å². The average molecular weight is 348 g/mol. The fourth-order valence-corrected chi connectivity index (χ4v) is 5.65. The van der Waals surface area contributed by atoms with Gasteiger partial charge in [0.05, 0.1) is 4.75 Å². The molecule has 3 fully saturated rings. The van der Waals surface area contributed by atoms with E-state index in [1.54, 1.807) is 30.3 Å². The zero-order valence-corrected chi connectivity index (χ0v) is 13.6. The van der Waals surface area contributed by atoms with Crippen LogP contribution >= 0.6 is 11.8 Å². The van der Waals surface area contributed by atoms with Crippen molar-refractivity contribution in [3.05, 3.63) is 35.9 Å². The second-order valence-corrected chi connectivity index (χ2v) is 8.21. The van der Waals surface area contributed by atoms with E-state index in [0.717, 1.165) is 0 Å². The fourth-order valence-electron chi connectivity index (χ4n) is 3.74. The van der Waals surface area contributed by atoms with Crippen LogP contribution in [-0.4, -0.2) is 54.6 Å². The predicted molar refractivity (Wildman–Crippen MR) is 84.9 cm³/mol. The summed E-state index contributed by atoms with van der Waals surface area (Å²) in [5.74, 6) is -2.05. The second kappa shape index (κ2) is 4.73. The number of aliphatic hydroxyl groups excluding tert-OH is 1. The van der Waals surface area contributed by atoms with Crippen molar-refractivity contribution in [2.75, 3.05) is 0 Å². The van der Waals surface area contributed by atoms with Gasteiger partial charge in [0.1, 0.15) is 11.4 Å². The average Bonchev–Trinajstić information content (AvgIpc) is 3.11. The number of thioether (sulfide) groups is 1. The van der Waals surface area contributed by atoms with Gasteiger partial charge < -0.3 is 20.4 Å². The van der Waals surface area contributed by atoms with E-state index in [2.05, 4.69) is 5.32 Å². The molecule has 24 heavy (non-hydrogen) atoms. The van der Waals surface area contributed by atoms with Crippen LogP contribution in [0.5, 0.6) is 0 Å². The number of fused-ring (bicyclic) bond motifs is 3. The van der Waals surface area contributed by atoms with E-state index in [-0.39, 0.29) is 5.37 Å². The van der Waals surface area contributed by atoms with Gasteiger partial charge in [-0.3, -0.25) is 9.59 Å². The molecule has 2 saturated heterocycles. The lowest BCUT2D eigenvalue weighted by Crippen LogP contribution is -2.72. The Kier molecular flexibility index (Phi) is 3.05. The van der Waals surface area contributed by atoms with Gasteiger partial charge in [-0.15, -0.1) is 11.8 Å². The van der Waals surface area contributed by atoms with Gasteiger partial charge in [-0.25, -0.2) is 4.79 Å². The molecule has 3 aliphatic rings. The molecule has 0 aromatic heterocycles. The molecule has 1 saturated carbocycles. The number of carboxylic acid groups (broad SMARTS) is 1. The van der Waals surface area contributed by atoms with E-state index < -0.39 is 40.2 Å². The first-order chi connectivity index (χ1) is 11.3. The summed E-state index contributed by atoms with van der Waals surface area (Å²) in [4.78, 5) is 37.6. The van der Waals surface area contributed by atoms with Gasteiger partial charge in [-0.05, 0) is 12.5 Å². The first kappa shape index (κ1) is 15.5. The zero-order chi connectivity index (χ0) is 17.3. The smallest absolute Gasteiger partial charge is 0.331 e.